The van der Waals surface area contributed by atoms with Gasteiger partial charge in [0.05, 0.1) is 11.8 Å². The van der Waals surface area contributed by atoms with Gasteiger partial charge in [0.25, 0.3) is 0 Å². The van der Waals surface area contributed by atoms with Gasteiger partial charge in [-0.15, -0.1) is 22.7 Å². The summed E-state index contributed by atoms with van der Waals surface area (Å²) >= 11 is 3.87. The van der Waals surface area contributed by atoms with Gasteiger partial charge in [0.2, 0.25) is 0 Å². The fourth-order valence-electron chi connectivity index (χ4n) is 10.4. The van der Waals surface area contributed by atoms with Crippen LogP contribution in [0.2, 0.25) is 0 Å². The summed E-state index contributed by atoms with van der Waals surface area (Å²) in [5.41, 5.74) is 13.1. The van der Waals surface area contributed by atoms with Crippen molar-refractivity contribution in [3.63, 3.8) is 0 Å². The van der Waals surface area contributed by atoms with Gasteiger partial charge in [-0.3, -0.25) is 0 Å². The number of thiophene rings is 2. The van der Waals surface area contributed by atoms with Crippen LogP contribution in [0.1, 0.15) is 117 Å². The van der Waals surface area contributed by atoms with Crippen molar-refractivity contribution < 1.29 is 4.74 Å². The number of ether oxygens (including phenoxy) is 1. The van der Waals surface area contributed by atoms with E-state index in [9.17, 15) is 0 Å². The Bertz CT molecular complexity index is 2930. The zero-order chi connectivity index (χ0) is 42.3. The van der Waals surface area contributed by atoms with Crippen molar-refractivity contribution in [3.8, 4) is 16.2 Å². The fraction of sp³-hybridized carbons (Fsp3) is 0.286. The second-order valence-corrected chi connectivity index (χ2v) is 18.4. The standard InChI is InChI=1S/C52H43N3OS2.2C2H6/c1-2-3-4-5-16-32-26-27-33-30-42(45-39-29-28-31-15-6-7-18-35(31)49(39)58-48(32)45)55(41-23-11-8-17-34(33)41)52-47-46(38-20-9-12-24-43(38)56-47)53-51(54-52)40-22-14-21-37-36-19-10-13-25-44(36)57-50(37)40;2*1-2/h5-26,33,42,47,52H,2-4,27-30H2,1H3;2*1-2H3/b16-5-,32-26-;;. The SMILES string of the molecule is CC.CC.CCCC/C=C\C1=C\CC2CC(c3c1sc1c3CCc3ccccc3-1)N(C1N=C(c3cccc4c3sc3ccccc34)N=C3c4ccccc4OC31)c1ccccc12. The Hall–Kier alpha value is -5.56. The summed E-state index contributed by atoms with van der Waals surface area (Å²) in [5, 5.41) is 2.54. The van der Waals surface area contributed by atoms with Crippen molar-refractivity contribution in [1.82, 2.24) is 0 Å². The van der Waals surface area contributed by atoms with E-state index in [4.69, 9.17) is 14.7 Å². The maximum absolute atomic E-state index is 7.03. The third-order valence-corrected chi connectivity index (χ3v) is 15.6. The lowest BCUT2D eigenvalue weighted by atomic mass is 9.76. The molecular weight excluding hydrogens is 795 g/mol. The highest BCUT2D eigenvalue weighted by Gasteiger charge is 2.49. The Morgan fingerprint density at radius 3 is 2.40 bits per heavy atom. The molecule has 0 radical (unpaired) electrons. The predicted molar refractivity (Wildman–Crippen MR) is 267 cm³/mol. The molecule has 4 unspecified atom stereocenters. The molecule has 7 aromatic rings. The third kappa shape index (κ3) is 6.69. The summed E-state index contributed by atoms with van der Waals surface area (Å²) in [6.45, 7) is 10.3. The van der Waals surface area contributed by atoms with Gasteiger partial charge < -0.3 is 9.64 Å². The average Bonchev–Trinajstić information content (AvgIpc) is 4.03. The fourth-order valence-corrected chi connectivity index (χ4v) is 13.1. The van der Waals surface area contributed by atoms with Gasteiger partial charge in [0.1, 0.15) is 5.75 Å². The molecule has 2 bridgehead atoms. The largest absolute Gasteiger partial charge is 0.479 e. The van der Waals surface area contributed by atoms with Gasteiger partial charge >= 0.3 is 0 Å². The first-order chi connectivity index (χ1) is 30.7. The zero-order valence-electron chi connectivity index (χ0n) is 36.5. The van der Waals surface area contributed by atoms with Crippen molar-refractivity contribution in [1.29, 1.82) is 0 Å². The van der Waals surface area contributed by atoms with Crippen LogP contribution in [0.3, 0.4) is 0 Å². The Labute approximate surface area is 375 Å². The monoisotopic (exact) mass is 849 g/mol. The number of hydrogen-bond donors (Lipinski definition) is 0. The predicted octanol–water partition coefficient (Wildman–Crippen LogP) is 15.5. The summed E-state index contributed by atoms with van der Waals surface area (Å²) in [5.74, 6) is 2.08. The Morgan fingerprint density at radius 2 is 1.52 bits per heavy atom. The summed E-state index contributed by atoms with van der Waals surface area (Å²) in [4.78, 5) is 16.9. The molecular formula is C56H55N3OS2. The van der Waals surface area contributed by atoms with Crippen molar-refractivity contribution in [2.45, 2.75) is 104 Å². The number of para-hydroxylation sites is 2. The molecule has 312 valence electrons. The molecule has 0 N–H and O–H groups in total. The maximum Gasteiger partial charge on any atom is 0.182 e. The van der Waals surface area contributed by atoms with Crippen LogP contribution in [0.25, 0.3) is 36.2 Å². The first-order valence-electron chi connectivity index (χ1n) is 23.0. The Morgan fingerprint density at radius 1 is 0.758 bits per heavy atom. The highest BCUT2D eigenvalue weighted by atomic mass is 32.1. The highest BCUT2D eigenvalue weighted by molar-refractivity contribution is 7.26. The van der Waals surface area contributed by atoms with E-state index in [1.54, 1.807) is 0 Å². The van der Waals surface area contributed by atoms with Crippen LogP contribution in [0, 0.1) is 0 Å². The smallest absolute Gasteiger partial charge is 0.182 e. The minimum Gasteiger partial charge on any atom is -0.479 e. The summed E-state index contributed by atoms with van der Waals surface area (Å²) in [6.07, 6.45) is 14.4. The third-order valence-electron chi connectivity index (χ3n) is 13.1. The molecule has 5 aromatic carbocycles. The van der Waals surface area contributed by atoms with E-state index in [2.05, 4.69) is 145 Å². The normalized spacial score (nSPS) is 21.1. The molecule has 4 nitrogen and oxygen atoms in total. The lowest BCUT2D eigenvalue weighted by Crippen LogP contribution is -2.53. The molecule has 12 rings (SSSR count). The van der Waals surface area contributed by atoms with E-state index < -0.39 is 0 Å². The lowest BCUT2D eigenvalue weighted by Gasteiger charge is -2.48. The Kier molecular flexibility index (Phi) is 11.3. The number of aliphatic imine (C=N–C) groups is 2. The number of hydrogen-bond acceptors (Lipinski definition) is 6. The molecule has 0 saturated carbocycles. The van der Waals surface area contributed by atoms with Crippen molar-refractivity contribution in [2.75, 3.05) is 4.90 Å². The lowest BCUT2D eigenvalue weighted by molar-refractivity contribution is 0.231. The summed E-state index contributed by atoms with van der Waals surface area (Å²) < 4.78 is 9.55. The number of rotatable bonds is 6. The molecule has 6 heteroatoms. The van der Waals surface area contributed by atoms with E-state index in [0.717, 1.165) is 60.5 Å². The summed E-state index contributed by atoms with van der Waals surface area (Å²) in [7, 11) is 0. The van der Waals surface area contributed by atoms with Crippen LogP contribution in [0.4, 0.5) is 5.69 Å². The minimum absolute atomic E-state index is 0.106. The topological polar surface area (TPSA) is 37.2 Å². The van der Waals surface area contributed by atoms with Gasteiger partial charge in [-0.25, -0.2) is 9.98 Å². The molecule has 5 aliphatic rings. The maximum atomic E-state index is 7.03. The number of allylic oxidation sites excluding steroid dienone is 4. The molecule has 4 atom stereocenters. The van der Waals surface area contributed by atoms with E-state index >= 15 is 0 Å². The van der Waals surface area contributed by atoms with E-state index in [1.165, 1.54) is 81.8 Å². The van der Waals surface area contributed by atoms with E-state index in [1.807, 2.05) is 50.4 Å². The number of aryl methyl sites for hydroxylation is 1. The average molecular weight is 850 g/mol. The molecule has 0 spiro atoms. The molecule has 3 aliphatic heterocycles. The second-order valence-electron chi connectivity index (χ2n) is 16.3. The minimum atomic E-state index is -0.347. The van der Waals surface area contributed by atoms with Gasteiger partial charge in [0, 0.05) is 46.7 Å². The molecule has 62 heavy (non-hydrogen) atoms. The van der Waals surface area contributed by atoms with Crippen molar-refractivity contribution in [3.05, 3.63) is 172 Å². The molecule has 0 fully saturated rings. The molecule has 0 amide bonds. The Balaban J connectivity index is 0.00000112. The first kappa shape index (κ1) is 40.5. The van der Waals surface area contributed by atoms with E-state index in [-0.39, 0.29) is 18.3 Å². The number of nitrogens with zero attached hydrogens (tertiary/aromatic N) is 3. The van der Waals surface area contributed by atoms with Crippen LogP contribution in [0.5, 0.6) is 5.75 Å². The van der Waals surface area contributed by atoms with Gasteiger partial charge in [-0.05, 0) is 102 Å². The molecule has 5 heterocycles. The van der Waals surface area contributed by atoms with Crippen molar-refractivity contribution in [2.24, 2.45) is 9.98 Å². The highest BCUT2D eigenvalue weighted by Crippen LogP contribution is 2.56. The van der Waals surface area contributed by atoms with Crippen LogP contribution in [-0.2, 0) is 12.8 Å². The van der Waals surface area contributed by atoms with Gasteiger partial charge in [0.15, 0.2) is 18.1 Å². The zero-order valence-corrected chi connectivity index (χ0v) is 38.2. The van der Waals surface area contributed by atoms with E-state index in [0.29, 0.717) is 5.92 Å². The number of anilines is 1. The number of benzene rings is 5. The first-order valence-corrected chi connectivity index (χ1v) is 24.7. The van der Waals surface area contributed by atoms with Crippen LogP contribution in [0.15, 0.2) is 143 Å². The number of fused-ring (bicyclic) bond motifs is 16. The molecule has 0 saturated heterocycles. The quantitative estimate of drug-likeness (QED) is 0.156. The molecule has 2 aromatic heterocycles. The second kappa shape index (κ2) is 17.3. The van der Waals surface area contributed by atoms with Crippen LogP contribution < -0.4 is 9.64 Å². The number of unbranched alkanes of at least 4 members (excludes halogenated alkanes) is 2. The van der Waals surface area contributed by atoms with Gasteiger partial charge in [-0.1, -0.05) is 151 Å². The van der Waals surface area contributed by atoms with Crippen LogP contribution in [-0.4, -0.2) is 23.8 Å². The molecule has 2 aliphatic carbocycles. The van der Waals surface area contributed by atoms with Crippen molar-refractivity contribution >= 4 is 65.7 Å². The number of amidine groups is 1. The summed E-state index contributed by atoms with van der Waals surface area (Å²) in [6, 6.07) is 42.3. The van der Waals surface area contributed by atoms with Gasteiger partial charge in [-0.2, -0.15) is 0 Å². The van der Waals surface area contributed by atoms with Crippen LogP contribution >= 0.6 is 22.7 Å².